The Balaban J connectivity index is 0. The van der Waals surface area contributed by atoms with Gasteiger partial charge in [-0.3, -0.25) is 0 Å². The highest BCUT2D eigenvalue weighted by Gasteiger charge is 2.30. The van der Waals surface area contributed by atoms with Crippen LogP contribution in [-0.4, -0.2) is 16.6 Å². The number of aliphatic carboxylic acids is 1. The first-order valence-corrected chi connectivity index (χ1v) is 7.55. The van der Waals surface area contributed by atoms with Gasteiger partial charge >= 0.3 is 5.97 Å². The van der Waals surface area contributed by atoms with Gasteiger partial charge < -0.3 is 10.8 Å². The largest absolute Gasteiger partial charge is 0.478 e. The molecule has 0 aliphatic heterocycles. The van der Waals surface area contributed by atoms with E-state index in [1.807, 2.05) is 0 Å². The van der Waals surface area contributed by atoms with E-state index in [0.29, 0.717) is 0 Å². The van der Waals surface area contributed by atoms with Crippen LogP contribution in [0.5, 0.6) is 0 Å². The quantitative estimate of drug-likeness (QED) is 0.612. The van der Waals surface area contributed by atoms with Gasteiger partial charge in [0.25, 0.3) is 0 Å². The molecular weight excluding hydrogens is 238 g/mol. The number of hydrogen-bond donors (Lipinski definition) is 2. The Morgan fingerprint density at radius 3 is 1.84 bits per heavy atom. The van der Waals surface area contributed by atoms with Crippen molar-refractivity contribution in [1.29, 1.82) is 0 Å². The van der Waals surface area contributed by atoms with Crippen molar-refractivity contribution in [2.75, 3.05) is 0 Å². The Hall–Kier alpha value is -0.830. The molecule has 1 atom stereocenters. The number of rotatable bonds is 9. The van der Waals surface area contributed by atoms with Gasteiger partial charge in [0.15, 0.2) is 0 Å². The molecule has 0 fully saturated rings. The summed E-state index contributed by atoms with van der Waals surface area (Å²) in [6, 6.07) is 0. The molecule has 0 heterocycles. The zero-order valence-corrected chi connectivity index (χ0v) is 13.2. The Labute approximate surface area is 119 Å². The van der Waals surface area contributed by atoms with E-state index in [2.05, 4.69) is 34.3 Å². The molecule has 0 bridgehead atoms. The van der Waals surface area contributed by atoms with Crippen LogP contribution >= 0.6 is 0 Å². The maximum atomic E-state index is 9.25. The SMILES string of the molecule is C=CC(=O)O.CCCC(CC)C(N)(CCC)CCC. The van der Waals surface area contributed by atoms with Crippen LogP contribution in [0.1, 0.15) is 72.6 Å². The summed E-state index contributed by atoms with van der Waals surface area (Å²) in [4.78, 5) is 9.25. The summed E-state index contributed by atoms with van der Waals surface area (Å²) in [5.74, 6) is -0.252. The molecule has 0 aromatic heterocycles. The highest BCUT2D eigenvalue weighted by Crippen LogP contribution is 2.31. The summed E-state index contributed by atoms with van der Waals surface area (Å²) in [5.41, 5.74) is 6.68. The Kier molecular flexibility index (Phi) is 13.2. The predicted molar refractivity (Wildman–Crippen MR) is 83.3 cm³/mol. The van der Waals surface area contributed by atoms with Crippen molar-refractivity contribution in [2.24, 2.45) is 11.7 Å². The van der Waals surface area contributed by atoms with Crippen LogP contribution in [0, 0.1) is 5.92 Å². The van der Waals surface area contributed by atoms with Crippen LogP contribution in [0.25, 0.3) is 0 Å². The first-order valence-electron chi connectivity index (χ1n) is 7.55. The molecule has 3 nitrogen and oxygen atoms in total. The third-order valence-electron chi connectivity index (χ3n) is 3.55. The first kappa shape index (κ1) is 20.5. The summed E-state index contributed by atoms with van der Waals surface area (Å²) in [6.45, 7) is 12.0. The van der Waals surface area contributed by atoms with E-state index in [1.165, 1.54) is 44.9 Å². The summed E-state index contributed by atoms with van der Waals surface area (Å²) in [6.07, 6.45) is 9.47. The lowest BCUT2D eigenvalue weighted by molar-refractivity contribution is -0.131. The Bertz CT molecular complexity index is 233. The highest BCUT2D eigenvalue weighted by atomic mass is 16.4. The minimum atomic E-state index is -0.981. The summed E-state index contributed by atoms with van der Waals surface area (Å²) < 4.78 is 0. The van der Waals surface area contributed by atoms with E-state index in [-0.39, 0.29) is 5.54 Å². The number of carboxylic acids is 1. The smallest absolute Gasteiger partial charge is 0.327 e. The molecule has 1 unspecified atom stereocenters. The molecule has 3 heteroatoms. The summed E-state index contributed by atoms with van der Waals surface area (Å²) in [7, 11) is 0. The predicted octanol–water partition coefficient (Wildman–Crippen LogP) is 4.37. The van der Waals surface area contributed by atoms with Crippen LogP contribution in [0.2, 0.25) is 0 Å². The fourth-order valence-corrected chi connectivity index (χ4v) is 2.71. The second-order valence-corrected chi connectivity index (χ2v) is 5.17. The molecule has 0 spiro atoms. The zero-order valence-electron chi connectivity index (χ0n) is 13.2. The van der Waals surface area contributed by atoms with Gasteiger partial charge in [0.1, 0.15) is 0 Å². The third-order valence-corrected chi connectivity index (χ3v) is 3.55. The molecule has 0 saturated carbocycles. The molecule has 0 rings (SSSR count). The van der Waals surface area contributed by atoms with Crippen LogP contribution in [0.3, 0.4) is 0 Å². The van der Waals surface area contributed by atoms with Gasteiger partial charge in [0, 0.05) is 11.6 Å². The van der Waals surface area contributed by atoms with Gasteiger partial charge in [-0.25, -0.2) is 4.79 Å². The van der Waals surface area contributed by atoms with Crippen molar-refractivity contribution in [3.63, 3.8) is 0 Å². The molecule has 19 heavy (non-hydrogen) atoms. The van der Waals surface area contributed by atoms with Crippen molar-refractivity contribution in [3.8, 4) is 0 Å². The van der Waals surface area contributed by atoms with Crippen molar-refractivity contribution >= 4 is 5.97 Å². The lowest BCUT2D eigenvalue weighted by Gasteiger charge is -2.37. The van der Waals surface area contributed by atoms with Gasteiger partial charge in [-0.15, -0.1) is 0 Å². The van der Waals surface area contributed by atoms with Gasteiger partial charge in [0.05, 0.1) is 0 Å². The lowest BCUT2D eigenvalue weighted by Crippen LogP contribution is -2.46. The molecule has 114 valence electrons. The minimum absolute atomic E-state index is 0.119. The van der Waals surface area contributed by atoms with E-state index in [4.69, 9.17) is 10.8 Å². The standard InChI is InChI=1S/C13H29N.C3H4O2/c1-5-9-12(8-4)13(14,10-6-2)11-7-3;1-2-3(4)5/h12H,5-11,14H2,1-4H3;2H,1H2,(H,4,5). The fourth-order valence-electron chi connectivity index (χ4n) is 2.71. The van der Waals surface area contributed by atoms with Crippen LogP contribution < -0.4 is 5.73 Å². The Morgan fingerprint density at radius 1 is 1.21 bits per heavy atom. The molecule has 0 radical (unpaired) electrons. The molecule has 0 saturated heterocycles. The van der Waals surface area contributed by atoms with E-state index in [0.717, 1.165) is 12.0 Å². The average Bonchev–Trinajstić information content (AvgIpc) is 2.37. The average molecular weight is 271 g/mol. The van der Waals surface area contributed by atoms with Crippen molar-refractivity contribution in [2.45, 2.75) is 78.2 Å². The van der Waals surface area contributed by atoms with Gasteiger partial charge in [0.2, 0.25) is 0 Å². The number of hydrogen-bond acceptors (Lipinski definition) is 2. The lowest BCUT2D eigenvalue weighted by atomic mass is 9.74. The van der Waals surface area contributed by atoms with E-state index in [1.54, 1.807) is 0 Å². The van der Waals surface area contributed by atoms with E-state index in [9.17, 15) is 4.79 Å². The first-order chi connectivity index (χ1) is 8.91. The minimum Gasteiger partial charge on any atom is -0.478 e. The normalized spacial score (nSPS) is 12.3. The highest BCUT2D eigenvalue weighted by molar-refractivity contribution is 5.78. The molecule has 0 aromatic carbocycles. The molecule has 0 amide bonds. The number of carbonyl (C=O) groups is 1. The Morgan fingerprint density at radius 2 is 1.63 bits per heavy atom. The number of carboxylic acid groups (broad SMARTS) is 1. The van der Waals surface area contributed by atoms with Crippen molar-refractivity contribution < 1.29 is 9.90 Å². The monoisotopic (exact) mass is 271 g/mol. The van der Waals surface area contributed by atoms with Gasteiger partial charge in [-0.05, 0) is 25.2 Å². The van der Waals surface area contributed by atoms with Gasteiger partial charge in [-0.2, -0.15) is 0 Å². The van der Waals surface area contributed by atoms with Gasteiger partial charge in [-0.1, -0.05) is 60.0 Å². The zero-order chi connectivity index (χ0) is 15.3. The molecular formula is C16H33NO2. The van der Waals surface area contributed by atoms with Crippen LogP contribution in [0.4, 0.5) is 0 Å². The second kappa shape index (κ2) is 12.2. The van der Waals surface area contributed by atoms with Crippen molar-refractivity contribution in [1.82, 2.24) is 0 Å². The molecule has 0 aromatic rings. The second-order valence-electron chi connectivity index (χ2n) is 5.17. The van der Waals surface area contributed by atoms with Crippen LogP contribution in [0.15, 0.2) is 12.7 Å². The van der Waals surface area contributed by atoms with Crippen molar-refractivity contribution in [3.05, 3.63) is 12.7 Å². The molecule has 0 aliphatic rings. The van der Waals surface area contributed by atoms with E-state index < -0.39 is 5.97 Å². The summed E-state index contributed by atoms with van der Waals surface area (Å²) >= 11 is 0. The third kappa shape index (κ3) is 9.71. The molecule has 3 N–H and O–H groups in total. The maximum Gasteiger partial charge on any atom is 0.327 e. The topological polar surface area (TPSA) is 63.3 Å². The molecule has 0 aliphatic carbocycles. The van der Waals surface area contributed by atoms with Crippen LogP contribution in [-0.2, 0) is 4.79 Å². The summed E-state index contributed by atoms with van der Waals surface area (Å²) in [5, 5.41) is 7.60. The van der Waals surface area contributed by atoms with E-state index >= 15 is 0 Å². The number of nitrogens with two attached hydrogens (primary N) is 1. The maximum absolute atomic E-state index is 9.25. The fraction of sp³-hybridized carbons (Fsp3) is 0.812.